The molecule has 0 saturated carbocycles. The van der Waals surface area contributed by atoms with Gasteiger partial charge < -0.3 is 14.7 Å². The molecule has 0 bridgehead atoms. The fraction of sp³-hybridized carbons (Fsp3) is 0.154. The summed E-state index contributed by atoms with van der Waals surface area (Å²) in [5.74, 6) is 1.43. The zero-order valence-corrected chi connectivity index (χ0v) is 17.9. The van der Waals surface area contributed by atoms with E-state index < -0.39 is 0 Å². The van der Waals surface area contributed by atoms with Gasteiger partial charge in [0.1, 0.15) is 23.0 Å². The van der Waals surface area contributed by atoms with Crippen LogP contribution in [0, 0.1) is 4.91 Å². The Kier molecular flexibility index (Phi) is 7.22. The minimum Gasteiger partial charge on any atom is -0.506 e. The van der Waals surface area contributed by atoms with Crippen molar-refractivity contribution in [1.29, 1.82) is 0 Å². The number of anilines is 1. The Bertz CT molecular complexity index is 1090. The summed E-state index contributed by atoms with van der Waals surface area (Å²) in [5, 5.41) is 12.5. The highest BCUT2D eigenvalue weighted by molar-refractivity contribution is 5.62. The van der Waals surface area contributed by atoms with Gasteiger partial charge in [0, 0.05) is 19.3 Å². The Hall–Kier alpha value is -3.86. The van der Waals surface area contributed by atoms with Crippen molar-refractivity contribution in [3.05, 3.63) is 106 Å². The summed E-state index contributed by atoms with van der Waals surface area (Å²) in [4.78, 5) is 12.7. The number of rotatable bonds is 7. The highest BCUT2D eigenvalue weighted by Crippen LogP contribution is 2.27. The number of hydrogen-bond acceptors (Lipinski definition) is 5. The summed E-state index contributed by atoms with van der Waals surface area (Å²) < 4.78 is 5.81. The average Bonchev–Trinajstić information content (AvgIpc) is 2.77. The van der Waals surface area contributed by atoms with Gasteiger partial charge in [0.15, 0.2) is 0 Å². The van der Waals surface area contributed by atoms with Crippen molar-refractivity contribution in [3.63, 3.8) is 0 Å². The summed E-state index contributed by atoms with van der Waals surface area (Å²) in [5.41, 5.74) is 4.09. The van der Waals surface area contributed by atoms with Gasteiger partial charge in [-0.2, -0.15) is 0 Å². The van der Waals surface area contributed by atoms with Gasteiger partial charge in [-0.05, 0) is 78.2 Å². The van der Waals surface area contributed by atoms with Crippen molar-refractivity contribution in [1.82, 2.24) is 0 Å². The lowest BCUT2D eigenvalue weighted by atomic mass is 10.1. The molecule has 1 heterocycles. The number of aromatic hydroxyl groups is 1. The van der Waals surface area contributed by atoms with Gasteiger partial charge in [0.2, 0.25) is 0 Å². The summed E-state index contributed by atoms with van der Waals surface area (Å²) in [6, 6.07) is 13.1. The van der Waals surface area contributed by atoms with Gasteiger partial charge in [0.05, 0.1) is 0 Å². The second kappa shape index (κ2) is 10.3. The van der Waals surface area contributed by atoms with E-state index >= 15 is 0 Å². The largest absolute Gasteiger partial charge is 0.506 e. The summed E-state index contributed by atoms with van der Waals surface area (Å²) in [7, 11) is 2.07. The van der Waals surface area contributed by atoms with Gasteiger partial charge in [-0.25, -0.2) is 0 Å². The molecule has 5 heteroatoms. The molecule has 5 nitrogen and oxygen atoms in total. The number of ether oxygens (including phenoxy) is 1. The molecule has 158 valence electrons. The van der Waals surface area contributed by atoms with E-state index in [1.807, 2.05) is 49.5 Å². The maximum atomic E-state index is 10.5. The predicted molar refractivity (Wildman–Crippen MR) is 128 cm³/mol. The van der Waals surface area contributed by atoms with E-state index in [4.69, 9.17) is 4.74 Å². The summed E-state index contributed by atoms with van der Waals surface area (Å²) in [6.45, 7) is 5.01. The molecule has 0 fully saturated rings. The normalized spacial score (nSPS) is 15.1. The Labute approximate surface area is 183 Å². The standard InChI is InChI=1S/C26H26N2O3/c1-4-28(3)23-12-8-20(9-13-23)10-14-24-17-22(16-19(2)31-24)7-5-6-21-11-15-25(27-30)26(29)18-21/h5-18,29H,4H2,1-3H3/b6-5+,14-10+,22-7+. The molecule has 0 aromatic heterocycles. The van der Waals surface area contributed by atoms with Gasteiger partial charge in [-0.3, -0.25) is 0 Å². The molecule has 0 aliphatic carbocycles. The Morgan fingerprint density at radius 1 is 1.03 bits per heavy atom. The average molecular weight is 415 g/mol. The maximum Gasteiger partial charge on any atom is 0.149 e. The van der Waals surface area contributed by atoms with Crippen molar-refractivity contribution in [2.45, 2.75) is 13.8 Å². The van der Waals surface area contributed by atoms with E-state index in [0.29, 0.717) is 0 Å². The summed E-state index contributed by atoms with van der Waals surface area (Å²) >= 11 is 0. The van der Waals surface area contributed by atoms with Crippen LogP contribution in [0.4, 0.5) is 11.4 Å². The number of nitroso groups, excluding NO2 is 1. The van der Waals surface area contributed by atoms with Gasteiger partial charge >= 0.3 is 0 Å². The highest BCUT2D eigenvalue weighted by Gasteiger charge is 2.05. The molecule has 0 amide bonds. The van der Waals surface area contributed by atoms with E-state index in [2.05, 4.69) is 48.3 Å². The smallest absolute Gasteiger partial charge is 0.149 e. The van der Waals surface area contributed by atoms with Gasteiger partial charge in [0.25, 0.3) is 0 Å². The fourth-order valence-electron chi connectivity index (χ4n) is 3.06. The van der Waals surface area contributed by atoms with Crippen LogP contribution in [0.5, 0.6) is 5.75 Å². The SMILES string of the molecule is CCN(C)c1ccc(/C=C/C2=CC(=C/C=C/c3ccc(N=O)c(O)c3)/C=C(C)O2)cc1. The molecule has 31 heavy (non-hydrogen) atoms. The van der Waals surface area contributed by atoms with Crippen molar-refractivity contribution in [3.8, 4) is 5.75 Å². The highest BCUT2D eigenvalue weighted by atomic mass is 16.5. The lowest BCUT2D eigenvalue weighted by Crippen LogP contribution is -2.15. The van der Waals surface area contributed by atoms with E-state index in [-0.39, 0.29) is 11.4 Å². The van der Waals surface area contributed by atoms with Crippen molar-refractivity contribution < 1.29 is 9.84 Å². The molecule has 0 atom stereocenters. The molecule has 0 radical (unpaired) electrons. The van der Waals surface area contributed by atoms with Crippen LogP contribution >= 0.6 is 0 Å². The molecule has 0 unspecified atom stereocenters. The minimum atomic E-state index is -0.131. The Morgan fingerprint density at radius 3 is 2.45 bits per heavy atom. The molecular formula is C26H26N2O3. The lowest BCUT2D eigenvalue weighted by molar-refractivity contribution is 0.318. The van der Waals surface area contributed by atoms with E-state index in [1.165, 1.54) is 17.8 Å². The van der Waals surface area contributed by atoms with E-state index in [0.717, 1.165) is 34.8 Å². The molecule has 0 spiro atoms. The van der Waals surface area contributed by atoms with Crippen LogP contribution < -0.4 is 4.90 Å². The molecule has 2 aromatic rings. The van der Waals surface area contributed by atoms with Gasteiger partial charge in [-0.1, -0.05) is 42.5 Å². The predicted octanol–water partition coefficient (Wildman–Crippen LogP) is 6.72. The number of allylic oxidation sites excluding steroid dienone is 7. The van der Waals surface area contributed by atoms with Crippen LogP contribution in [0.2, 0.25) is 0 Å². The molecule has 1 aliphatic rings. The molecule has 1 aliphatic heterocycles. The van der Waals surface area contributed by atoms with Gasteiger partial charge in [-0.15, -0.1) is 4.91 Å². The minimum absolute atomic E-state index is 0.0323. The first-order valence-corrected chi connectivity index (χ1v) is 10.1. The Balaban J connectivity index is 1.71. The number of benzene rings is 2. The lowest BCUT2D eigenvalue weighted by Gasteiger charge is -2.16. The number of nitrogens with zero attached hydrogens (tertiary/aromatic N) is 2. The fourth-order valence-corrected chi connectivity index (χ4v) is 3.06. The third-order valence-corrected chi connectivity index (χ3v) is 4.88. The molecule has 0 saturated heterocycles. The zero-order chi connectivity index (χ0) is 22.2. The number of phenolic OH excluding ortho intramolecular Hbond substituents is 1. The van der Waals surface area contributed by atoms with Crippen LogP contribution in [-0.4, -0.2) is 18.7 Å². The molecule has 3 rings (SSSR count). The molecule has 1 N–H and O–H groups in total. The third kappa shape index (κ3) is 6.06. The first-order chi connectivity index (χ1) is 15.0. The van der Waals surface area contributed by atoms with Crippen molar-refractivity contribution >= 4 is 23.5 Å². The van der Waals surface area contributed by atoms with Crippen LogP contribution in [0.15, 0.2) is 95.1 Å². The van der Waals surface area contributed by atoms with Crippen molar-refractivity contribution in [2.75, 3.05) is 18.5 Å². The maximum absolute atomic E-state index is 10.5. The molecule has 2 aromatic carbocycles. The second-order valence-electron chi connectivity index (χ2n) is 7.21. The third-order valence-electron chi connectivity index (χ3n) is 4.88. The van der Waals surface area contributed by atoms with E-state index in [9.17, 15) is 10.0 Å². The van der Waals surface area contributed by atoms with Crippen LogP contribution in [0.25, 0.3) is 12.2 Å². The van der Waals surface area contributed by atoms with Crippen LogP contribution in [0.1, 0.15) is 25.0 Å². The quantitative estimate of drug-likeness (QED) is 0.511. The monoisotopic (exact) mass is 414 g/mol. The van der Waals surface area contributed by atoms with Crippen LogP contribution in [-0.2, 0) is 4.74 Å². The zero-order valence-electron chi connectivity index (χ0n) is 17.9. The second-order valence-corrected chi connectivity index (χ2v) is 7.21. The summed E-state index contributed by atoms with van der Waals surface area (Å²) in [6.07, 6.45) is 13.6. The number of phenols is 1. The first kappa shape index (κ1) is 21.8. The van der Waals surface area contributed by atoms with Crippen molar-refractivity contribution in [2.24, 2.45) is 5.18 Å². The topological polar surface area (TPSA) is 62.1 Å². The first-order valence-electron chi connectivity index (χ1n) is 10.1. The number of hydrogen-bond donors (Lipinski definition) is 1. The molecular weight excluding hydrogens is 388 g/mol. The van der Waals surface area contributed by atoms with E-state index in [1.54, 1.807) is 6.07 Å². The Morgan fingerprint density at radius 2 is 1.77 bits per heavy atom. The van der Waals surface area contributed by atoms with Crippen LogP contribution in [0.3, 0.4) is 0 Å².